The predicted molar refractivity (Wildman–Crippen MR) is 74.3 cm³/mol. The van der Waals surface area contributed by atoms with Crippen LogP contribution in [0.15, 0.2) is 30.5 Å². The summed E-state index contributed by atoms with van der Waals surface area (Å²) in [4.78, 5) is 4.28. The number of hydrogen-bond acceptors (Lipinski definition) is 4. The number of rotatable bonds is 3. The van der Waals surface area contributed by atoms with Gasteiger partial charge in [-0.1, -0.05) is 23.9 Å². The first kappa shape index (κ1) is 12.4. The molecule has 90 valence electrons. The maximum atomic E-state index is 8.94. The summed E-state index contributed by atoms with van der Waals surface area (Å²) in [5.74, 6) is 0.608. The third-order valence-corrected chi connectivity index (χ3v) is 3.40. The molecule has 2 rings (SSSR count). The quantitative estimate of drug-likeness (QED) is 0.652. The van der Waals surface area contributed by atoms with Crippen LogP contribution in [-0.4, -0.2) is 10.2 Å². The molecule has 5 heteroatoms. The molecular formula is C13H12N4S. The third-order valence-electron chi connectivity index (χ3n) is 2.63. The minimum absolute atomic E-state index is 0.0872. The second-order valence-electron chi connectivity index (χ2n) is 3.76. The third kappa shape index (κ3) is 2.60. The lowest BCUT2D eigenvalue weighted by Crippen LogP contribution is -2.05. The summed E-state index contributed by atoms with van der Waals surface area (Å²) in [5, 5.41) is 17.3. The predicted octanol–water partition coefficient (Wildman–Crippen LogP) is 2.43. The second kappa shape index (κ2) is 5.52. The molecule has 1 aromatic carbocycles. The molecule has 0 radical (unpaired) electrons. The van der Waals surface area contributed by atoms with Crippen molar-refractivity contribution in [3.8, 4) is 6.07 Å². The van der Waals surface area contributed by atoms with Gasteiger partial charge in [-0.2, -0.15) is 5.26 Å². The van der Waals surface area contributed by atoms with Crippen molar-refractivity contribution in [3.05, 3.63) is 41.6 Å². The van der Waals surface area contributed by atoms with E-state index >= 15 is 0 Å². The van der Waals surface area contributed by atoms with Crippen LogP contribution < -0.4 is 5.73 Å². The lowest BCUT2D eigenvalue weighted by molar-refractivity contribution is 1.22. The van der Waals surface area contributed by atoms with Gasteiger partial charge in [0.15, 0.2) is 5.17 Å². The fourth-order valence-corrected chi connectivity index (χ4v) is 2.42. The Bertz CT molecular complexity index is 630. The Balaban J connectivity index is 2.49. The van der Waals surface area contributed by atoms with E-state index in [4.69, 9.17) is 16.4 Å². The topological polar surface area (TPSA) is 86.5 Å². The average Bonchev–Trinajstić information content (AvgIpc) is 2.38. The Morgan fingerprint density at radius 2 is 2.28 bits per heavy atom. The van der Waals surface area contributed by atoms with Crippen molar-refractivity contribution in [1.29, 1.82) is 10.7 Å². The van der Waals surface area contributed by atoms with Crippen molar-refractivity contribution < 1.29 is 0 Å². The number of nitrogens with zero attached hydrogens (tertiary/aromatic N) is 2. The number of nitrogens with two attached hydrogens (primary N) is 1. The first-order chi connectivity index (χ1) is 8.72. The van der Waals surface area contributed by atoms with E-state index in [9.17, 15) is 0 Å². The molecule has 0 spiro atoms. The van der Waals surface area contributed by atoms with Gasteiger partial charge < -0.3 is 5.73 Å². The monoisotopic (exact) mass is 256 g/mol. The Hall–Kier alpha value is -2.06. The van der Waals surface area contributed by atoms with Crippen LogP contribution in [0.5, 0.6) is 0 Å². The maximum Gasteiger partial charge on any atom is 0.151 e. The molecule has 0 atom stereocenters. The van der Waals surface area contributed by atoms with E-state index in [1.54, 1.807) is 6.20 Å². The van der Waals surface area contributed by atoms with E-state index < -0.39 is 0 Å². The molecule has 3 N–H and O–H groups in total. The molecule has 2 aromatic rings. The van der Waals surface area contributed by atoms with Crippen LogP contribution in [0.1, 0.15) is 11.1 Å². The van der Waals surface area contributed by atoms with E-state index in [1.807, 2.05) is 24.3 Å². The summed E-state index contributed by atoms with van der Waals surface area (Å²) in [5.41, 5.74) is 8.26. The summed E-state index contributed by atoms with van der Waals surface area (Å²) >= 11 is 1.26. The molecule has 0 saturated carbocycles. The molecule has 0 aliphatic carbocycles. The second-order valence-corrected chi connectivity index (χ2v) is 4.78. The number of benzene rings is 1. The van der Waals surface area contributed by atoms with Crippen LogP contribution >= 0.6 is 11.8 Å². The summed E-state index contributed by atoms with van der Waals surface area (Å²) in [6.45, 7) is 0. The van der Waals surface area contributed by atoms with Gasteiger partial charge in [-0.15, -0.1) is 0 Å². The molecule has 1 aromatic heterocycles. The van der Waals surface area contributed by atoms with Crippen LogP contribution in [0.3, 0.4) is 0 Å². The number of aromatic nitrogens is 1. The molecule has 1 heterocycles. The first-order valence-electron chi connectivity index (χ1n) is 5.41. The highest BCUT2D eigenvalue weighted by atomic mass is 32.2. The van der Waals surface area contributed by atoms with Crippen LogP contribution in [0.4, 0.5) is 0 Å². The van der Waals surface area contributed by atoms with Crippen LogP contribution in [0, 0.1) is 16.7 Å². The van der Waals surface area contributed by atoms with Crippen LogP contribution in [-0.2, 0) is 12.2 Å². The van der Waals surface area contributed by atoms with Crippen LogP contribution in [0.25, 0.3) is 10.9 Å². The zero-order valence-corrected chi connectivity index (χ0v) is 10.5. The van der Waals surface area contributed by atoms with Gasteiger partial charge in [-0.25, -0.2) is 0 Å². The summed E-state index contributed by atoms with van der Waals surface area (Å²) < 4.78 is 0. The number of hydrogen-bond donors (Lipinski definition) is 2. The molecule has 0 bridgehead atoms. The average molecular weight is 256 g/mol. The van der Waals surface area contributed by atoms with Gasteiger partial charge in [0.2, 0.25) is 0 Å². The Kier molecular flexibility index (Phi) is 3.80. The summed E-state index contributed by atoms with van der Waals surface area (Å²) in [6.07, 6.45) is 2.08. The standard InChI is InChI=1S/C13H12N4S/c14-6-5-10-9(8-18-13(15)16)3-4-12-11(10)2-1-7-17-12/h1-4,7H,5,8H2,(H3,15,16). The molecule has 0 unspecified atom stereocenters. The SMILES string of the molecule is N#CCc1c(CSC(=N)N)ccc2ncccc12. The lowest BCUT2D eigenvalue weighted by atomic mass is 10.0. The smallest absolute Gasteiger partial charge is 0.151 e. The minimum atomic E-state index is 0.0872. The van der Waals surface area contributed by atoms with Crippen molar-refractivity contribution in [2.45, 2.75) is 12.2 Å². The van der Waals surface area contributed by atoms with Crippen molar-refractivity contribution >= 4 is 27.8 Å². The molecule has 0 saturated heterocycles. The molecule has 4 nitrogen and oxygen atoms in total. The zero-order chi connectivity index (χ0) is 13.0. The van der Waals surface area contributed by atoms with Crippen molar-refractivity contribution in [1.82, 2.24) is 4.98 Å². The summed E-state index contributed by atoms with van der Waals surface area (Å²) in [6, 6.07) is 9.91. The molecule has 0 aliphatic rings. The number of fused-ring (bicyclic) bond motifs is 1. The number of nitriles is 1. The number of pyridine rings is 1. The number of nitrogens with one attached hydrogen (secondary N) is 1. The number of thioether (sulfide) groups is 1. The maximum absolute atomic E-state index is 8.94. The van der Waals surface area contributed by atoms with E-state index in [0.29, 0.717) is 12.2 Å². The molecule has 0 fully saturated rings. The van der Waals surface area contributed by atoms with Crippen molar-refractivity contribution in [2.24, 2.45) is 5.73 Å². The lowest BCUT2D eigenvalue weighted by Gasteiger charge is -2.09. The highest BCUT2D eigenvalue weighted by Crippen LogP contribution is 2.24. The zero-order valence-electron chi connectivity index (χ0n) is 9.68. The normalized spacial score (nSPS) is 10.2. The van der Waals surface area contributed by atoms with E-state index in [0.717, 1.165) is 22.0 Å². The fourth-order valence-electron chi connectivity index (χ4n) is 1.84. The minimum Gasteiger partial charge on any atom is -0.379 e. The largest absolute Gasteiger partial charge is 0.379 e. The van der Waals surface area contributed by atoms with E-state index in [2.05, 4.69) is 11.1 Å². The molecule has 18 heavy (non-hydrogen) atoms. The van der Waals surface area contributed by atoms with Crippen LogP contribution in [0.2, 0.25) is 0 Å². The van der Waals surface area contributed by atoms with Gasteiger partial charge in [0.25, 0.3) is 0 Å². The first-order valence-corrected chi connectivity index (χ1v) is 6.40. The Morgan fingerprint density at radius 3 is 3.00 bits per heavy atom. The molecule has 0 amide bonds. The van der Waals surface area contributed by atoms with Gasteiger partial charge >= 0.3 is 0 Å². The molecular weight excluding hydrogens is 244 g/mol. The van der Waals surface area contributed by atoms with Crippen molar-refractivity contribution in [2.75, 3.05) is 0 Å². The Labute approximate surface area is 109 Å². The number of amidine groups is 1. The fraction of sp³-hybridized carbons (Fsp3) is 0.154. The van der Waals surface area contributed by atoms with Gasteiger partial charge in [-0.05, 0) is 23.3 Å². The van der Waals surface area contributed by atoms with Gasteiger partial charge in [0.1, 0.15) is 0 Å². The van der Waals surface area contributed by atoms with E-state index in [1.165, 1.54) is 11.8 Å². The highest BCUT2D eigenvalue weighted by Gasteiger charge is 2.08. The molecule has 0 aliphatic heterocycles. The van der Waals surface area contributed by atoms with Gasteiger partial charge in [-0.3, -0.25) is 10.4 Å². The Morgan fingerprint density at radius 1 is 1.44 bits per heavy atom. The van der Waals surface area contributed by atoms with E-state index in [-0.39, 0.29) is 5.17 Å². The van der Waals surface area contributed by atoms with Gasteiger partial charge in [0.05, 0.1) is 18.0 Å². The van der Waals surface area contributed by atoms with Gasteiger partial charge in [0, 0.05) is 17.3 Å². The summed E-state index contributed by atoms with van der Waals surface area (Å²) in [7, 11) is 0. The highest BCUT2D eigenvalue weighted by molar-refractivity contribution is 8.13. The van der Waals surface area contributed by atoms with Crippen molar-refractivity contribution in [3.63, 3.8) is 0 Å².